The van der Waals surface area contributed by atoms with Crippen molar-refractivity contribution in [3.63, 3.8) is 0 Å². The van der Waals surface area contributed by atoms with Gasteiger partial charge >= 0.3 is 5.97 Å². The highest BCUT2D eigenvalue weighted by atomic mass is 32.2. The van der Waals surface area contributed by atoms with Gasteiger partial charge in [0, 0.05) is 24.5 Å². The highest BCUT2D eigenvalue weighted by Crippen LogP contribution is 2.23. The minimum absolute atomic E-state index is 0.0516. The van der Waals surface area contributed by atoms with Crippen molar-refractivity contribution >= 4 is 32.8 Å². The predicted molar refractivity (Wildman–Crippen MR) is 118 cm³/mol. The van der Waals surface area contributed by atoms with Crippen LogP contribution in [0.2, 0.25) is 0 Å². The maximum absolute atomic E-state index is 13.1. The van der Waals surface area contributed by atoms with E-state index in [4.69, 9.17) is 4.74 Å². The second-order valence-corrected chi connectivity index (χ2v) is 9.04. The predicted octanol–water partition coefficient (Wildman–Crippen LogP) is 3.19. The Balaban J connectivity index is 1.68. The third-order valence-corrected chi connectivity index (χ3v) is 6.60. The lowest BCUT2D eigenvalue weighted by atomic mass is 10.1. The summed E-state index contributed by atoms with van der Waals surface area (Å²) in [5.74, 6) is -0.613. The van der Waals surface area contributed by atoms with Crippen LogP contribution in [-0.4, -0.2) is 37.4 Å². The third-order valence-electron chi connectivity index (χ3n) is 4.90. The Morgan fingerprint density at radius 1 is 1.03 bits per heavy atom. The Bertz CT molecular complexity index is 1180. The van der Waals surface area contributed by atoms with E-state index in [1.165, 1.54) is 3.97 Å². The van der Waals surface area contributed by atoms with Crippen LogP contribution in [0.15, 0.2) is 59.6 Å². The monoisotopic (exact) mass is 442 g/mol. The molecule has 0 fully saturated rings. The van der Waals surface area contributed by atoms with Gasteiger partial charge in [0.05, 0.1) is 23.4 Å². The number of carbonyl (C=O) groups is 2. The molecule has 0 aliphatic heterocycles. The van der Waals surface area contributed by atoms with Gasteiger partial charge in [-0.15, -0.1) is 0 Å². The summed E-state index contributed by atoms with van der Waals surface area (Å²) >= 11 is 0. The molecular weight excluding hydrogens is 416 g/mol. The molecule has 7 nitrogen and oxygen atoms in total. The molecule has 0 aliphatic carbocycles. The van der Waals surface area contributed by atoms with E-state index < -0.39 is 16.0 Å². The van der Waals surface area contributed by atoms with Gasteiger partial charge in [-0.1, -0.05) is 29.8 Å². The van der Waals surface area contributed by atoms with Crippen molar-refractivity contribution in [3.8, 4) is 0 Å². The molecule has 164 valence electrons. The van der Waals surface area contributed by atoms with Gasteiger partial charge in [-0.25, -0.2) is 12.4 Å². The zero-order chi connectivity index (χ0) is 22.4. The van der Waals surface area contributed by atoms with E-state index in [-0.39, 0.29) is 23.6 Å². The SMILES string of the molecule is CCOC(=O)CCC(=O)NCCc1ccc2ccn(S(=O)(=O)c3ccc(C)cc3)c2c1. The molecule has 3 rings (SSSR count). The summed E-state index contributed by atoms with van der Waals surface area (Å²) in [6.07, 6.45) is 2.23. The first kappa shape index (κ1) is 22.6. The van der Waals surface area contributed by atoms with Gasteiger partial charge in [0.15, 0.2) is 0 Å². The topological polar surface area (TPSA) is 94.5 Å². The number of rotatable bonds is 9. The van der Waals surface area contributed by atoms with Gasteiger partial charge in [0.2, 0.25) is 5.91 Å². The average molecular weight is 443 g/mol. The Kier molecular flexibility index (Phi) is 7.12. The van der Waals surface area contributed by atoms with Gasteiger partial charge in [-0.2, -0.15) is 0 Å². The first-order valence-corrected chi connectivity index (χ1v) is 11.6. The molecule has 2 aromatic carbocycles. The quantitative estimate of drug-likeness (QED) is 0.514. The molecule has 1 amide bonds. The second-order valence-electron chi connectivity index (χ2n) is 7.23. The average Bonchev–Trinajstić information content (AvgIpc) is 3.17. The number of aryl methyl sites for hydroxylation is 1. The highest BCUT2D eigenvalue weighted by molar-refractivity contribution is 7.90. The van der Waals surface area contributed by atoms with Crippen molar-refractivity contribution in [2.45, 2.75) is 38.0 Å². The highest BCUT2D eigenvalue weighted by Gasteiger charge is 2.19. The molecule has 0 saturated carbocycles. The molecule has 0 atom stereocenters. The summed E-state index contributed by atoms with van der Waals surface area (Å²) in [5, 5.41) is 3.59. The Labute approximate surface area is 182 Å². The van der Waals surface area contributed by atoms with E-state index in [0.717, 1.165) is 16.5 Å². The first-order valence-electron chi connectivity index (χ1n) is 10.2. The van der Waals surface area contributed by atoms with Crippen molar-refractivity contribution in [1.29, 1.82) is 0 Å². The van der Waals surface area contributed by atoms with Crippen LogP contribution in [0.4, 0.5) is 0 Å². The first-order chi connectivity index (χ1) is 14.8. The Morgan fingerprint density at radius 2 is 1.77 bits per heavy atom. The van der Waals surface area contributed by atoms with Gasteiger partial charge in [-0.3, -0.25) is 9.59 Å². The maximum atomic E-state index is 13.1. The molecule has 0 radical (unpaired) electrons. The number of esters is 1. The summed E-state index contributed by atoms with van der Waals surface area (Å²) in [5.41, 5.74) is 2.48. The standard InChI is InChI=1S/C23H26N2O5S/c1-3-30-23(27)11-10-22(26)24-14-12-18-6-7-19-13-15-25(21(19)16-18)31(28,29)20-8-4-17(2)5-9-20/h4-9,13,15-16H,3,10-12,14H2,1-2H3,(H,24,26). The van der Waals surface area contributed by atoms with Crippen LogP contribution in [-0.2, 0) is 30.8 Å². The summed E-state index contributed by atoms with van der Waals surface area (Å²) in [7, 11) is -3.71. The number of nitrogens with zero attached hydrogens (tertiary/aromatic N) is 1. The fourth-order valence-corrected chi connectivity index (χ4v) is 4.57. The van der Waals surface area contributed by atoms with Crippen molar-refractivity contribution in [2.75, 3.05) is 13.2 Å². The number of benzene rings is 2. The Morgan fingerprint density at radius 3 is 2.48 bits per heavy atom. The number of hydrogen-bond acceptors (Lipinski definition) is 5. The van der Waals surface area contributed by atoms with E-state index in [0.29, 0.717) is 25.1 Å². The summed E-state index contributed by atoms with van der Waals surface area (Å²) in [6.45, 7) is 4.31. The maximum Gasteiger partial charge on any atom is 0.306 e. The minimum Gasteiger partial charge on any atom is -0.466 e. The lowest BCUT2D eigenvalue weighted by molar-refractivity contribution is -0.144. The summed E-state index contributed by atoms with van der Waals surface area (Å²) in [4.78, 5) is 23.4. The van der Waals surface area contributed by atoms with E-state index in [1.807, 2.05) is 25.1 Å². The normalized spacial score (nSPS) is 11.4. The number of nitrogens with one attached hydrogen (secondary N) is 1. The smallest absolute Gasteiger partial charge is 0.306 e. The molecule has 31 heavy (non-hydrogen) atoms. The van der Waals surface area contributed by atoms with Crippen molar-refractivity contribution in [2.24, 2.45) is 0 Å². The molecule has 1 heterocycles. The molecule has 3 aromatic rings. The molecule has 0 bridgehead atoms. The van der Waals surface area contributed by atoms with E-state index in [2.05, 4.69) is 5.32 Å². The number of aromatic nitrogens is 1. The van der Waals surface area contributed by atoms with Crippen molar-refractivity contribution in [3.05, 3.63) is 65.9 Å². The zero-order valence-corrected chi connectivity index (χ0v) is 18.4. The number of ether oxygens (including phenoxy) is 1. The third kappa shape index (κ3) is 5.52. The van der Waals surface area contributed by atoms with Crippen LogP contribution < -0.4 is 5.32 Å². The summed E-state index contributed by atoms with van der Waals surface area (Å²) in [6, 6.07) is 14.1. The lowest BCUT2D eigenvalue weighted by Crippen LogP contribution is -2.26. The van der Waals surface area contributed by atoms with Crippen LogP contribution in [0.25, 0.3) is 10.9 Å². The molecule has 0 spiro atoms. The molecule has 1 N–H and O–H groups in total. The van der Waals surface area contributed by atoms with Crippen LogP contribution in [0.5, 0.6) is 0 Å². The zero-order valence-electron chi connectivity index (χ0n) is 17.6. The van der Waals surface area contributed by atoms with Crippen molar-refractivity contribution < 1.29 is 22.7 Å². The van der Waals surface area contributed by atoms with E-state index in [9.17, 15) is 18.0 Å². The number of hydrogen-bond donors (Lipinski definition) is 1. The minimum atomic E-state index is -3.71. The van der Waals surface area contributed by atoms with Crippen LogP contribution in [0.3, 0.4) is 0 Å². The number of fused-ring (bicyclic) bond motifs is 1. The molecule has 0 saturated heterocycles. The molecule has 0 unspecified atom stereocenters. The molecule has 0 aliphatic rings. The molecule has 1 aromatic heterocycles. The fraction of sp³-hybridized carbons (Fsp3) is 0.304. The number of carbonyl (C=O) groups excluding carboxylic acids is 2. The van der Waals surface area contributed by atoms with Gasteiger partial charge in [0.25, 0.3) is 10.0 Å². The molecule has 8 heteroatoms. The van der Waals surface area contributed by atoms with Crippen molar-refractivity contribution in [1.82, 2.24) is 9.29 Å². The second kappa shape index (κ2) is 9.78. The number of amides is 1. The molecular formula is C23H26N2O5S. The van der Waals surface area contributed by atoms with Gasteiger partial charge < -0.3 is 10.1 Å². The van der Waals surface area contributed by atoms with E-state index in [1.54, 1.807) is 43.5 Å². The lowest BCUT2D eigenvalue weighted by Gasteiger charge is -2.10. The summed E-state index contributed by atoms with van der Waals surface area (Å²) < 4.78 is 32.2. The Hall–Kier alpha value is -3.13. The van der Waals surface area contributed by atoms with Crippen LogP contribution >= 0.6 is 0 Å². The largest absolute Gasteiger partial charge is 0.466 e. The van der Waals surface area contributed by atoms with Gasteiger partial charge in [-0.05, 0) is 50.1 Å². The fourth-order valence-electron chi connectivity index (χ4n) is 3.22. The van der Waals surface area contributed by atoms with Gasteiger partial charge in [0.1, 0.15) is 0 Å². The van der Waals surface area contributed by atoms with Crippen LogP contribution in [0, 0.1) is 6.92 Å². The van der Waals surface area contributed by atoms with Crippen LogP contribution in [0.1, 0.15) is 30.9 Å². The van der Waals surface area contributed by atoms with E-state index >= 15 is 0 Å².